The van der Waals surface area contributed by atoms with Gasteiger partial charge in [-0.05, 0) is 17.5 Å². The van der Waals surface area contributed by atoms with E-state index in [4.69, 9.17) is 10.8 Å². The van der Waals surface area contributed by atoms with Gasteiger partial charge in [0.1, 0.15) is 0 Å². The maximum atomic E-state index is 10.4. The Morgan fingerprint density at radius 3 is 2.59 bits per heavy atom. The number of carboxylic acid groups (broad SMARTS) is 1. The minimum absolute atomic E-state index is 0.149. The maximum Gasteiger partial charge on any atom is 0.303 e. The average Bonchev–Trinajstić information content (AvgIpc) is 2.74. The molecule has 0 unspecified atom stereocenters. The summed E-state index contributed by atoms with van der Waals surface area (Å²) in [7, 11) is 0. The van der Waals surface area contributed by atoms with Gasteiger partial charge in [-0.15, -0.1) is 0 Å². The summed E-state index contributed by atoms with van der Waals surface area (Å²) < 4.78 is 0. The number of nitrogens with zero attached hydrogens (tertiary/aromatic N) is 1. The summed E-state index contributed by atoms with van der Waals surface area (Å²) in [5, 5.41) is 8.58. The van der Waals surface area contributed by atoms with Crippen molar-refractivity contribution in [3.05, 3.63) is 36.0 Å². The number of nitrogens with two attached hydrogens (primary N) is 1. The Kier molecular flexibility index (Phi) is 3.09. The van der Waals surface area contributed by atoms with Crippen LogP contribution < -0.4 is 5.73 Å². The van der Waals surface area contributed by atoms with Crippen LogP contribution in [0.2, 0.25) is 0 Å². The highest BCUT2D eigenvalue weighted by molar-refractivity contribution is 5.67. The lowest BCUT2D eigenvalue weighted by Crippen LogP contribution is -1.97. The van der Waals surface area contributed by atoms with Gasteiger partial charge in [0.25, 0.3) is 0 Å². The molecule has 17 heavy (non-hydrogen) atoms. The molecule has 0 radical (unpaired) electrons. The Labute approximate surface area is 98.3 Å². The molecule has 0 aliphatic heterocycles. The Morgan fingerprint density at radius 1 is 1.35 bits per heavy atom. The lowest BCUT2D eigenvalue weighted by atomic mass is 10.1. The van der Waals surface area contributed by atoms with Crippen LogP contribution in [-0.4, -0.2) is 21.0 Å². The van der Waals surface area contributed by atoms with E-state index in [0.29, 0.717) is 12.4 Å². The molecule has 1 heterocycles. The van der Waals surface area contributed by atoms with Crippen molar-refractivity contribution >= 4 is 11.9 Å². The number of hydrogen-bond acceptors (Lipinski definition) is 3. The quantitative estimate of drug-likeness (QED) is 0.746. The van der Waals surface area contributed by atoms with Crippen molar-refractivity contribution < 1.29 is 9.90 Å². The Morgan fingerprint density at radius 2 is 2.06 bits per heavy atom. The summed E-state index contributed by atoms with van der Waals surface area (Å²) in [6.07, 6.45) is 2.36. The second-order valence-corrected chi connectivity index (χ2v) is 3.77. The number of anilines is 1. The van der Waals surface area contributed by atoms with Gasteiger partial charge in [-0.25, -0.2) is 4.98 Å². The van der Waals surface area contributed by atoms with Crippen LogP contribution in [0.1, 0.15) is 12.0 Å². The molecule has 4 N–H and O–H groups in total. The first-order valence-electron chi connectivity index (χ1n) is 5.27. The number of aromatic nitrogens is 2. The number of aliphatic carboxylic acids is 1. The van der Waals surface area contributed by atoms with Gasteiger partial charge in [0.15, 0.2) is 5.95 Å². The lowest BCUT2D eigenvalue weighted by molar-refractivity contribution is -0.136. The second-order valence-electron chi connectivity index (χ2n) is 3.77. The van der Waals surface area contributed by atoms with Gasteiger partial charge in [-0.1, -0.05) is 24.3 Å². The van der Waals surface area contributed by atoms with Crippen LogP contribution in [0.4, 0.5) is 5.95 Å². The van der Waals surface area contributed by atoms with Gasteiger partial charge in [-0.3, -0.25) is 4.79 Å². The molecule has 0 aliphatic rings. The monoisotopic (exact) mass is 231 g/mol. The largest absolute Gasteiger partial charge is 0.481 e. The van der Waals surface area contributed by atoms with Gasteiger partial charge >= 0.3 is 5.97 Å². The van der Waals surface area contributed by atoms with Gasteiger partial charge in [0.05, 0.1) is 11.9 Å². The molecule has 0 bridgehead atoms. The molecular formula is C12H13N3O2. The molecule has 88 valence electrons. The third-order valence-electron chi connectivity index (χ3n) is 2.49. The molecule has 0 aliphatic carbocycles. The number of rotatable bonds is 4. The minimum atomic E-state index is -0.782. The van der Waals surface area contributed by atoms with E-state index in [0.717, 1.165) is 16.8 Å². The zero-order valence-electron chi connectivity index (χ0n) is 9.18. The SMILES string of the molecule is Nc1ncc(-c2ccc(CCC(=O)O)cc2)[nH]1. The number of nitrogen functional groups attached to an aromatic ring is 1. The highest BCUT2D eigenvalue weighted by Gasteiger charge is 2.02. The van der Waals surface area contributed by atoms with Crippen molar-refractivity contribution in [2.75, 3.05) is 5.73 Å². The first-order chi connectivity index (χ1) is 8.15. The molecule has 0 amide bonds. The third-order valence-corrected chi connectivity index (χ3v) is 2.49. The van der Waals surface area contributed by atoms with E-state index in [-0.39, 0.29) is 6.42 Å². The van der Waals surface area contributed by atoms with Crippen LogP contribution in [0.3, 0.4) is 0 Å². The Balaban J connectivity index is 2.10. The summed E-state index contributed by atoms with van der Waals surface area (Å²) in [5.74, 6) is -0.398. The number of nitrogens with one attached hydrogen (secondary N) is 1. The third kappa shape index (κ3) is 2.84. The second kappa shape index (κ2) is 4.69. The fourth-order valence-electron chi connectivity index (χ4n) is 1.59. The Hall–Kier alpha value is -2.30. The molecule has 0 saturated heterocycles. The number of hydrogen-bond donors (Lipinski definition) is 3. The van der Waals surface area contributed by atoms with Crippen LogP contribution >= 0.6 is 0 Å². The smallest absolute Gasteiger partial charge is 0.303 e. The number of benzene rings is 1. The molecule has 5 nitrogen and oxygen atoms in total. The summed E-state index contributed by atoms with van der Waals surface area (Å²) >= 11 is 0. The first-order valence-corrected chi connectivity index (χ1v) is 5.27. The summed E-state index contributed by atoms with van der Waals surface area (Å²) in [6.45, 7) is 0. The summed E-state index contributed by atoms with van der Waals surface area (Å²) in [6, 6.07) is 7.67. The van der Waals surface area contributed by atoms with Crippen LogP contribution in [0.15, 0.2) is 30.5 Å². The molecule has 1 aromatic heterocycles. The first kappa shape index (κ1) is 11.2. The normalized spacial score (nSPS) is 10.4. The molecule has 5 heteroatoms. The highest BCUT2D eigenvalue weighted by Crippen LogP contribution is 2.18. The van der Waals surface area contributed by atoms with Crippen molar-refractivity contribution in [1.29, 1.82) is 0 Å². The molecule has 0 atom stereocenters. The molecule has 2 aromatic rings. The number of carbonyl (C=O) groups is 1. The van der Waals surface area contributed by atoms with Gasteiger partial charge < -0.3 is 15.8 Å². The number of imidazole rings is 1. The predicted molar refractivity (Wildman–Crippen MR) is 64.4 cm³/mol. The van der Waals surface area contributed by atoms with Gasteiger partial charge in [-0.2, -0.15) is 0 Å². The van der Waals surface area contributed by atoms with E-state index in [1.54, 1.807) is 6.20 Å². The molecule has 2 rings (SSSR count). The standard InChI is InChI=1S/C12H13N3O2/c13-12-14-7-10(15-12)9-4-1-8(2-5-9)3-6-11(16)17/h1-2,4-5,7H,3,6H2,(H,16,17)(H3,13,14,15). The van der Waals surface area contributed by atoms with Crippen molar-refractivity contribution in [2.24, 2.45) is 0 Å². The van der Waals surface area contributed by atoms with Crippen LogP contribution in [-0.2, 0) is 11.2 Å². The molecule has 0 spiro atoms. The Bertz CT molecular complexity index is 517. The van der Waals surface area contributed by atoms with E-state index in [1.165, 1.54) is 0 Å². The van der Waals surface area contributed by atoms with Gasteiger partial charge in [0, 0.05) is 6.42 Å². The van der Waals surface area contributed by atoms with E-state index in [1.807, 2.05) is 24.3 Å². The molecule has 1 aromatic carbocycles. The van der Waals surface area contributed by atoms with Crippen molar-refractivity contribution in [1.82, 2.24) is 9.97 Å². The van der Waals surface area contributed by atoms with Crippen molar-refractivity contribution in [3.8, 4) is 11.3 Å². The maximum absolute atomic E-state index is 10.4. The van der Waals surface area contributed by atoms with E-state index in [9.17, 15) is 4.79 Å². The van der Waals surface area contributed by atoms with Crippen molar-refractivity contribution in [3.63, 3.8) is 0 Å². The van der Waals surface area contributed by atoms with Crippen LogP contribution in [0.25, 0.3) is 11.3 Å². The van der Waals surface area contributed by atoms with E-state index in [2.05, 4.69) is 9.97 Å². The predicted octanol–water partition coefficient (Wildman–Crippen LogP) is 1.68. The van der Waals surface area contributed by atoms with Crippen LogP contribution in [0.5, 0.6) is 0 Å². The zero-order chi connectivity index (χ0) is 12.3. The molecule has 0 fully saturated rings. The molecular weight excluding hydrogens is 218 g/mol. The van der Waals surface area contributed by atoms with Crippen LogP contribution in [0, 0.1) is 0 Å². The number of H-pyrrole nitrogens is 1. The number of aryl methyl sites for hydroxylation is 1. The minimum Gasteiger partial charge on any atom is -0.481 e. The average molecular weight is 231 g/mol. The summed E-state index contributed by atoms with van der Waals surface area (Å²) in [5.41, 5.74) is 8.33. The van der Waals surface area contributed by atoms with Gasteiger partial charge in [0.2, 0.25) is 0 Å². The van der Waals surface area contributed by atoms with E-state index >= 15 is 0 Å². The fraction of sp³-hybridized carbons (Fsp3) is 0.167. The fourth-order valence-corrected chi connectivity index (χ4v) is 1.59. The lowest BCUT2D eigenvalue weighted by Gasteiger charge is -2.01. The van der Waals surface area contributed by atoms with E-state index < -0.39 is 5.97 Å². The highest BCUT2D eigenvalue weighted by atomic mass is 16.4. The topological polar surface area (TPSA) is 92.0 Å². The summed E-state index contributed by atoms with van der Waals surface area (Å²) in [4.78, 5) is 17.3. The number of carboxylic acids is 1. The number of aromatic amines is 1. The molecule has 0 saturated carbocycles. The van der Waals surface area contributed by atoms with Crippen molar-refractivity contribution in [2.45, 2.75) is 12.8 Å². The zero-order valence-corrected chi connectivity index (χ0v) is 9.18.